The molecule has 4 rings (SSSR count). The molecule has 1 saturated heterocycles. The summed E-state index contributed by atoms with van der Waals surface area (Å²) in [6.07, 6.45) is 3.75. The molecule has 0 saturated carbocycles. The molecule has 1 N–H and O–H groups in total. The Morgan fingerprint density at radius 2 is 1.86 bits per heavy atom. The Kier molecular flexibility index (Phi) is 5.46. The monoisotopic (exact) mass is 396 g/mol. The zero-order chi connectivity index (χ0) is 19.5. The van der Waals surface area contributed by atoms with Crippen LogP contribution in [0.25, 0.3) is 10.8 Å². The molecule has 1 aromatic heterocycles. The Morgan fingerprint density at radius 3 is 2.64 bits per heavy atom. The van der Waals surface area contributed by atoms with Crippen molar-refractivity contribution in [3.05, 3.63) is 75.7 Å². The smallest absolute Gasteiger partial charge is 0.258 e. The fourth-order valence-electron chi connectivity index (χ4n) is 3.61. The molecule has 6 heteroatoms. The Morgan fingerprint density at radius 1 is 1.07 bits per heavy atom. The number of pyridine rings is 1. The van der Waals surface area contributed by atoms with Gasteiger partial charge in [0.1, 0.15) is 0 Å². The molecule has 3 aromatic rings. The maximum atomic E-state index is 13.0. The molecule has 144 valence electrons. The Bertz CT molecular complexity index is 1070. The second-order valence-corrected chi connectivity index (χ2v) is 7.44. The number of aromatic nitrogens is 1. The molecule has 0 spiro atoms. The van der Waals surface area contributed by atoms with Crippen molar-refractivity contribution in [3.8, 4) is 0 Å². The summed E-state index contributed by atoms with van der Waals surface area (Å²) in [5.74, 6) is 0.150. The van der Waals surface area contributed by atoms with Gasteiger partial charge in [-0.3, -0.25) is 9.59 Å². The van der Waals surface area contributed by atoms with Crippen LogP contribution in [0.2, 0.25) is 5.02 Å². The van der Waals surface area contributed by atoms with Crippen LogP contribution >= 0.6 is 11.6 Å². The van der Waals surface area contributed by atoms with Crippen LogP contribution in [0.1, 0.15) is 23.2 Å². The molecule has 0 unspecified atom stereocenters. The minimum atomic E-state index is -0.301. The average molecular weight is 397 g/mol. The van der Waals surface area contributed by atoms with E-state index in [4.69, 9.17) is 16.3 Å². The maximum Gasteiger partial charge on any atom is 0.258 e. The first kappa shape index (κ1) is 18.7. The Labute approximate surface area is 167 Å². The summed E-state index contributed by atoms with van der Waals surface area (Å²) in [5.41, 5.74) is 0.949. The number of nitrogens with zero attached hydrogens (tertiary/aromatic N) is 1. The number of benzene rings is 2. The standard InChI is InChI=1S/C22H21ClN2O3/c23-19-6-2-1-4-18(19)21(26)24-20-7-3-5-17-16(20)8-11-25(22(17)27)14-15-9-12-28-13-10-15/h1-8,11,15H,9-10,12-14H2,(H,24,26). The summed E-state index contributed by atoms with van der Waals surface area (Å²) in [6, 6.07) is 14.1. The Hall–Kier alpha value is -2.63. The van der Waals surface area contributed by atoms with E-state index in [9.17, 15) is 9.59 Å². The third-order valence-corrected chi connectivity index (χ3v) is 5.51. The molecule has 5 nitrogen and oxygen atoms in total. The number of hydrogen-bond acceptors (Lipinski definition) is 3. The Balaban J connectivity index is 1.63. The highest BCUT2D eigenvalue weighted by molar-refractivity contribution is 6.34. The van der Waals surface area contributed by atoms with Gasteiger partial charge in [0.05, 0.1) is 10.6 Å². The van der Waals surface area contributed by atoms with Crippen LogP contribution in [0.5, 0.6) is 0 Å². The van der Waals surface area contributed by atoms with Gasteiger partial charge in [-0.1, -0.05) is 29.8 Å². The van der Waals surface area contributed by atoms with E-state index in [1.54, 1.807) is 47.0 Å². The average Bonchev–Trinajstić information content (AvgIpc) is 2.71. The summed E-state index contributed by atoms with van der Waals surface area (Å²) in [6.45, 7) is 2.20. The molecule has 0 bridgehead atoms. The van der Waals surface area contributed by atoms with Crippen molar-refractivity contribution >= 4 is 34.0 Å². The largest absolute Gasteiger partial charge is 0.381 e. The summed E-state index contributed by atoms with van der Waals surface area (Å²) >= 11 is 6.12. The minimum Gasteiger partial charge on any atom is -0.381 e. The van der Waals surface area contributed by atoms with Crippen LogP contribution in [0.15, 0.2) is 59.5 Å². The van der Waals surface area contributed by atoms with E-state index in [1.165, 1.54) is 0 Å². The molecule has 2 heterocycles. The van der Waals surface area contributed by atoms with Gasteiger partial charge in [0, 0.05) is 42.4 Å². The van der Waals surface area contributed by atoms with E-state index >= 15 is 0 Å². The maximum absolute atomic E-state index is 13.0. The van der Waals surface area contributed by atoms with Crippen molar-refractivity contribution in [1.29, 1.82) is 0 Å². The number of halogens is 1. The number of amides is 1. The first-order valence-corrected chi connectivity index (χ1v) is 9.77. The van der Waals surface area contributed by atoms with Crippen LogP contribution in [-0.4, -0.2) is 23.7 Å². The number of ether oxygens (including phenoxy) is 1. The van der Waals surface area contributed by atoms with Gasteiger partial charge in [-0.15, -0.1) is 0 Å². The predicted molar refractivity (Wildman–Crippen MR) is 111 cm³/mol. The number of rotatable bonds is 4. The van der Waals surface area contributed by atoms with E-state index in [2.05, 4.69) is 5.32 Å². The second-order valence-electron chi connectivity index (χ2n) is 7.03. The lowest BCUT2D eigenvalue weighted by atomic mass is 10.00. The van der Waals surface area contributed by atoms with Gasteiger partial charge in [0.15, 0.2) is 0 Å². The van der Waals surface area contributed by atoms with Crippen LogP contribution in [0.3, 0.4) is 0 Å². The van der Waals surface area contributed by atoms with Crippen molar-refractivity contribution in [1.82, 2.24) is 4.57 Å². The molecule has 0 radical (unpaired) electrons. The molecule has 1 aliphatic heterocycles. The molecule has 1 fully saturated rings. The van der Waals surface area contributed by atoms with Crippen LogP contribution in [0.4, 0.5) is 5.69 Å². The highest BCUT2D eigenvalue weighted by Gasteiger charge is 2.17. The summed E-state index contributed by atoms with van der Waals surface area (Å²) < 4.78 is 7.16. The molecule has 28 heavy (non-hydrogen) atoms. The molecule has 0 atom stereocenters. The van der Waals surface area contributed by atoms with Gasteiger partial charge in [-0.2, -0.15) is 0 Å². The molecule has 2 aromatic carbocycles. The van der Waals surface area contributed by atoms with Crippen LogP contribution in [0, 0.1) is 5.92 Å². The molecular formula is C22H21ClN2O3. The second kappa shape index (κ2) is 8.17. The number of hydrogen-bond donors (Lipinski definition) is 1. The molecule has 0 aliphatic carbocycles. The zero-order valence-corrected chi connectivity index (χ0v) is 16.1. The van der Waals surface area contributed by atoms with Crippen LogP contribution in [-0.2, 0) is 11.3 Å². The number of fused-ring (bicyclic) bond motifs is 1. The molecule has 1 amide bonds. The van der Waals surface area contributed by atoms with Gasteiger partial charge in [-0.05, 0) is 49.1 Å². The van der Waals surface area contributed by atoms with E-state index in [0.717, 1.165) is 31.4 Å². The number of anilines is 1. The normalized spacial score (nSPS) is 14.9. The SMILES string of the molecule is O=C(Nc1cccc2c(=O)n(CC3CCOCC3)ccc12)c1ccccc1Cl. The quantitative estimate of drug-likeness (QED) is 0.713. The predicted octanol–water partition coefficient (Wildman–Crippen LogP) is 4.33. The van der Waals surface area contributed by atoms with Gasteiger partial charge in [0.25, 0.3) is 11.5 Å². The van der Waals surface area contributed by atoms with Gasteiger partial charge < -0.3 is 14.6 Å². The van der Waals surface area contributed by atoms with Gasteiger partial charge in [0.2, 0.25) is 0 Å². The molecule has 1 aliphatic rings. The number of carbonyl (C=O) groups is 1. The van der Waals surface area contributed by atoms with Gasteiger partial charge >= 0.3 is 0 Å². The highest BCUT2D eigenvalue weighted by Crippen LogP contribution is 2.24. The molecular weight excluding hydrogens is 376 g/mol. The van der Waals surface area contributed by atoms with Crippen LogP contribution < -0.4 is 10.9 Å². The third kappa shape index (κ3) is 3.81. The first-order valence-electron chi connectivity index (χ1n) is 9.39. The summed E-state index contributed by atoms with van der Waals surface area (Å²) in [5, 5.41) is 4.58. The fraction of sp³-hybridized carbons (Fsp3) is 0.273. The van der Waals surface area contributed by atoms with E-state index in [-0.39, 0.29) is 11.5 Å². The number of nitrogens with one attached hydrogen (secondary N) is 1. The van der Waals surface area contributed by atoms with E-state index < -0.39 is 0 Å². The van der Waals surface area contributed by atoms with Crippen molar-refractivity contribution in [2.45, 2.75) is 19.4 Å². The lowest BCUT2D eigenvalue weighted by molar-refractivity contribution is 0.0610. The minimum absolute atomic E-state index is 0.0437. The van der Waals surface area contributed by atoms with E-state index in [0.29, 0.717) is 34.1 Å². The lowest BCUT2D eigenvalue weighted by Crippen LogP contribution is -2.27. The lowest BCUT2D eigenvalue weighted by Gasteiger charge is -2.23. The van der Waals surface area contributed by atoms with Gasteiger partial charge in [-0.25, -0.2) is 0 Å². The zero-order valence-electron chi connectivity index (χ0n) is 15.4. The van der Waals surface area contributed by atoms with Crippen molar-refractivity contribution in [2.24, 2.45) is 5.92 Å². The summed E-state index contributed by atoms with van der Waals surface area (Å²) in [7, 11) is 0. The highest BCUT2D eigenvalue weighted by atomic mass is 35.5. The van der Waals surface area contributed by atoms with Crippen molar-refractivity contribution in [2.75, 3.05) is 18.5 Å². The van der Waals surface area contributed by atoms with Crippen molar-refractivity contribution < 1.29 is 9.53 Å². The first-order chi connectivity index (χ1) is 13.6. The topological polar surface area (TPSA) is 60.3 Å². The fourth-order valence-corrected chi connectivity index (χ4v) is 3.83. The third-order valence-electron chi connectivity index (χ3n) is 5.18. The van der Waals surface area contributed by atoms with Crippen molar-refractivity contribution in [3.63, 3.8) is 0 Å². The summed E-state index contributed by atoms with van der Waals surface area (Å²) in [4.78, 5) is 25.6. The number of carbonyl (C=O) groups excluding carboxylic acids is 1. The van der Waals surface area contributed by atoms with E-state index in [1.807, 2.05) is 12.3 Å².